The molecule has 4 rings (SSSR count). The lowest BCUT2D eigenvalue weighted by Gasteiger charge is -2.12. The first-order chi connectivity index (χ1) is 12.9. The van der Waals surface area contributed by atoms with Crippen LogP contribution >= 0.6 is 0 Å². The SMILES string of the molecule is O=C1C(c2cccc(C(F)(F)F)c2)=C(n2cccc2)OC1c1ccccc1. The Labute approximate surface area is 153 Å². The summed E-state index contributed by atoms with van der Waals surface area (Å²) in [7, 11) is 0. The molecule has 1 aliphatic rings. The molecule has 0 aliphatic carbocycles. The smallest absolute Gasteiger partial charge is 0.416 e. The van der Waals surface area contributed by atoms with E-state index in [1.54, 1.807) is 53.4 Å². The molecule has 0 saturated heterocycles. The summed E-state index contributed by atoms with van der Waals surface area (Å²) in [5.74, 6) is -0.151. The summed E-state index contributed by atoms with van der Waals surface area (Å²) in [5, 5.41) is 0. The van der Waals surface area contributed by atoms with Gasteiger partial charge in [0.2, 0.25) is 11.7 Å². The Morgan fingerprint density at radius 3 is 2.26 bits per heavy atom. The molecular weight excluding hydrogens is 355 g/mol. The first kappa shape index (κ1) is 17.1. The lowest BCUT2D eigenvalue weighted by molar-refractivity contribution is -0.137. The Morgan fingerprint density at radius 2 is 1.59 bits per heavy atom. The van der Waals surface area contributed by atoms with Crippen LogP contribution in [0.4, 0.5) is 13.2 Å². The number of hydrogen-bond donors (Lipinski definition) is 0. The van der Waals surface area contributed by atoms with Crippen molar-refractivity contribution >= 4 is 17.2 Å². The maximum Gasteiger partial charge on any atom is 0.416 e. The van der Waals surface area contributed by atoms with E-state index in [9.17, 15) is 18.0 Å². The Kier molecular flexibility index (Phi) is 4.11. The van der Waals surface area contributed by atoms with E-state index in [4.69, 9.17) is 4.74 Å². The normalized spacial score (nSPS) is 17.3. The van der Waals surface area contributed by atoms with Crippen molar-refractivity contribution in [3.63, 3.8) is 0 Å². The molecule has 27 heavy (non-hydrogen) atoms. The van der Waals surface area contributed by atoms with Crippen LogP contribution in [0.3, 0.4) is 0 Å². The van der Waals surface area contributed by atoms with Gasteiger partial charge in [0.1, 0.15) is 0 Å². The fourth-order valence-corrected chi connectivity index (χ4v) is 3.08. The molecule has 1 unspecified atom stereocenters. The number of alkyl halides is 3. The predicted octanol–water partition coefficient (Wildman–Crippen LogP) is 5.17. The van der Waals surface area contributed by atoms with Crippen LogP contribution in [0.5, 0.6) is 0 Å². The maximum atomic E-state index is 13.1. The standard InChI is InChI=1S/C21H14F3NO2/c22-21(23,24)16-10-6-9-15(13-16)17-18(26)19(14-7-2-1-3-8-14)27-20(17)25-11-4-5-12-25/h1-13,19H. The number of carbonyl (C=O) groups excluding carboxylic acids is 1. The molecule has 1 aromatic heterocycles. The zero-order valence-electron chi connectivity index (χ0n) is 14.0. The summed E-state index contributed by atoms with van der Waals surface area (Å²) in [4.78, 5) is 13.1. The Morgan fingerprint density at radius 1 is 0.889 bits per heavy atom. The van der Waals surface area contributed by atoms with Crippen LogP contribution < -0.4 is 0 Å². The zero-order chi connectivity index (χ0) is 19.0. The van der Waals surface area contributed by atoms with Gasteiger partial charge in [-0.1, -0.05) is 42.5 Å². The Balaban J connectivity index is 1.84. The van der Waals surface area contributed by atoms with Crippen molar-refractivity contribution in [3.8, 4) is 0 Å². The lowest BCUT2D eigenvalue weighted by Crippen LogP contribution is -2.10. The fraction of sp³-hybridized carbons (Fsp3) is 0.0952. The van der Waals surface area contributed by atoms with E-state index >= 15 is 0 Å². The molecule has 0 spiro atoms. The second-order valence-electron chi connectivity index (χ2n) is 6.12. The van der Waals surface area contributed by atoms with Gasteiger partial charge in [0.25, 0.3) is 0 Å². The van der Waals surface area contributed by atoms with Gasteiger partial charge in [-0.05, 0) is 29.8 Å². The second-order valence-corrected chi connectivity index (χ2v) is 6.12. The highest BCUT2D eigenvalue weighted by molar-refractivity contribution is 6.29. The number of rotatable bonds is 3. The predicted molar refractivity (Wildman–Crippen MR) is 94.3 cm³/mol. The number of hydrogen-bond acceptors (Lipinski definition) is 2. The van der Waals surface area contributed by atoms with Crippen LogP contribution in [0.25, 0.3) is 11.5 Å². The molecule has 3 aromatic rings. The number of aromatic nitrogens is 1. The minimum atomic E-state index is -4.49. The zero-order valence-corrected chi connectivity index (χ0v) is 14.0. The van der Waals surface area contributed by atoms with Gasteiger partial charge in [0.05, 0.1) is 11.1 Å². The van der Waals surface area contributed by atoms with Crippen molar-refractivity contribution in [2.45, 2.75) is 12.3 Å². The van der Waals surface area contributed by atoms with Crippen LogP contribution in [0.1, 0.15) is 22.8 Å². The monoisotopic (exact) mass is 369 g/mol. The largest absolute Gasteiger partial charge is 0.461 e. The molecule has 1 aliphatic heterocycles. The minimum absolute atomic E-state index is 0.131. The highest BCUT2D eigenvalue weighted by Gasteiger charge is 2.39. The average Bonchev–Trinajstić information content (AvgIpc) is 3.29. The highest BCUT2D eigenvalue weighted by atomic mass is 19.4. The van der Waals surface area contributed by atoms with Crippen molar-refractivity contribution in [1.82, 2.24) is 4.57 Å². The van der Waals surface area contributed by atoms with Crippen LogP contribution in [0.15, 0.2) is 79.1 Å². The topological polar surface area (TPSA) is 31.2 Å². The summed E-state index contributed by atoms with van der Waals surface area (Å²) in [6.45, 7) is 0. The third-order valence-electron chi connectivity index (χ3n) is 4.35. The van der Waals surface area contributed by atoms with Crippen molar-refractivity contribution in [2.75, 3.05) is 0 Å². The summed E-state index contributed by atoms with van der Waals surface area (Å²) >= 11 is 0. The van der Waals surface area contributed by atoms with Gasteiger partial charge in [-0.15, -0.1) is 0 Å². The number of ketones is 1. The molecule has 136 valence electrons. The molecule has 0 fully saturated rings. The van der Waals surface area contributed by atoms with Crippen molar-refractivity contribution in [1.29, 1.82) is 0 Å². The van der Waals surface area contributed by atoms with E-state index in [1.807, 2.05) is 6.07 Å². The second kappa shape index (κ2) is 6.46. The van der Waals surface area contributed by atoms with Crippen molar-refractivity contribution < 1.29 is 22.7 Å². The van der Waals surface area contributed by atoms with E-state index in [0.29, 0.717) is 5.56 Å². The number of benzene rings is 2. The average molecular weight is 369 g/mol. The number of nitrogens with zero attached hydrogens (tertiary/aromatic N) is 1. The van der Waals surface area contributed by atoms with Crippen molar-refractivity contribution in [3.05, 3.63) is 95.8 Å². The Bertz CT molecular complexity index is 1010. The molecule has 6 heteroatoms. The van der Waals surface area contributed by atoms with Gasteiger partial charge in [-0.2, -0.15) is 13.2 Å². The highest BCUT2D eigenvalue weighted by Crippen LogP contribution is 2.41. The van der Waals surface area contributed by atoms with E-state index < -0.39 is 17.8 Å². The Hall–Kier alpha value is -3.28. The summed E-state index contributed by atoms with van der Waals surface area (Å²) in [5.41, 5.74) is 0.146. The molecule has 0 bridgehead atoms. The van der Waals surface area contributed by atoms with Crippen molar-refractivity contribution in [2.24, 2.45) is 0 Å². The van der Waals surface area contributed by atoms with Gasteiger partial charge in [0.15, 0.2) is 6.10 Å². The lowest BCUT2D eigenvalue weighted by atomic mass is 9.96. The number of Topliss-reactive ketones (excluding diaryl/α,β-unsaturated/α-hetero) is 1. The molecule has 2 aromatic carbocycles. The molecule has 0 N–H and O–H groups in total. The molecule has 3 nitrogen and oxygen atoms in total. The van der Waals surface area contributed by atoms with Crippen LogP contribution in [0.2, 0.25) is 0 Å². The van der Waals surface area contributed by atoms with E-state index in [-0.39, 0.29) is 22.8 Å². The van der Waals surface area contributed by atoms with E-state index in [1.165, 1.54) is 12.1 Å². The number of halogens is 3. The molecular formula is C21H14F3NO2. The quantitative estimate of drug-likeness (QED) is 0.638. The first-order valence-electron chi connectivity index (χ1n) is 8.26. The van der Waals surface area contributed by atoms with Crippen LogP contribution in [-0.4, -0.2) is 10.4 Å². The molecule has 0 saturated carbocycles. The fourth-order valence-electron chi connectivity index (χ4n) is 3.08. The third kappa shape index (κ3) is 3.14. The summed E-state index contributed by atoms with van der Waals surface area (Å²) < 4.78 is 46.9. The van der Waals surface area contributed by atoms with Crippen LogP contribution in [0, 0.1) is 0 Å². The van der Waals surface area contributed by atoms with Gasteiger partial charge in [-0.25, -0.2) is 0 Å². The first-order valence-corrected chi connectivity index (χ1v) is 8.26. The van der Waals surface area contributed by atoms with Gasteiger partial charge < -0.3 is 4.74 Å². The maximum absolute atomic E-state index is 13.1. The third-order valence-corrected chi connectivity index (χ3v) is 4.35. The molecule has 2 heterocycles. The van der Waals surface area contributed by atoms with E-state index in [2.05, 4.69) is 0 Å². The van der Waals surface area contributed by atoms with Crippen LogP contribution in [-0.2, 0) is 15.7 Å². The van der Waals surface area contributed by atoms with Gasteiger partial charge in [-0.3, -0.25) is 9.36 Å². The van der Waals surface area contributed by atoms with Gasteiger partial charge in [0, 0.05) is 18.0 Å². The number of carbonyl (C=O) groups is 1. The molecule has 0 radical (unpaired) electrons. The van der Waals surface area contributed by atoms with Gasteiger partial charge >= 0.3 is 6.18 Å². The summed E-state index contributed by atoms with van der Waals surface area (Å²) in [6, 6.07) is 17.1. The molecule has 1 atom stereocenters. The minimum Gasteiger partial charge on any atom is -0.461 e. The molecule has 0 amide bonds. The summed E-state index contributed by atoms with van der Waals surface area (Å²) in [6.07, 6.45) is -2.02. The number of ether oxygens (including phenoxy) is 1. The van der Waals surface area contributed by atoms with E-state index in [0.717, 1.165) is 12.1 Å².